The molecule has 1 aromatic rings. The molecule has 2 N–H and O–H groups in total. The zero-order valence-electron chi connectivity index (χ0n) is 9.33. The second-order valence-corrected chi connectivity index (χ2v) is 4.39. The quantitative estimate of drug-likeness (QED) is 0.789. The Morgan fingerprint density at radius 1 is 1.53 bits per heavy atom. The summed E-state index contributed by atoms with van der Waals surface area (Å²) in [6.45, 7) is 6.83. The minimum absolute atomic E-state index is 0.0392. The van der Waals surface area contributed by atoms with Crippen molar-refractivity contribution in [2.75, 3.05) is 11.9 Å². The average molecular weight is 211 g/mol. The fourth-order valence-corrected chi connectivity index (χ4v) is 1.04. The van der Waals surface area contributed by atoms with E-state index in [0.29, 0.717) is 18.7 Å². The van der Waals surface area contributed by atoms with E-state index in [1.165, 1.54) is 12.5 Å². The van der Waals surface area contributed by atoms with E-state index in [1.807, 2.05) is 0 Å². The molecule has 0 aliphatic rings. The van der Waals surface area contributed by atoms with Crippen LogP contribution in [0.25, 0.3) is 0 Å². The molecule has 0 fully saturated rings. The van der Waals surface area contributed by atoms with Gasteiger partial charge < -0.3 is 15.2 Å². The normalized spacial score (nSPS) is 11.4. The number of anilines is 1. The summed E-state index contributed by atoms with van der Waals surface area (Å²) in [5, 5.41) is 9.39. The maximum Gasteiger partial charge on any atom is 0.225 e. The van der Waals surface area contributed by atoms with Crippen LogP contribution in [0.1, 0.15) is 27.2 Å². The van der Waals surface area contributed by atoms with Gasteiger partial charge in [0.1, 0.15) is 12.0 Å². The Kier molecular flexibility index (Phi) is 3.85. The summed E-state index contributed by atoms with van der Waals surface area (Å²) in [5.74, 6) is -0.0463. The highest BCUT2D eigenvalue weighted by Crippen LogP contribution is 2.04. The Morgan fingerprint density at radius 2 is 2.27 bits per heavy atom. The number of nitrogens with zero attached hydrogens (tertiary/aromatic N) is 1. The predicted molar refractivity (Wildman–Crippen MR) is 57.5 cm³/mol. The monoisotopic (exact) mass is 211 g/mol. The van der Waals surface area contributed by atoms with E-state index in [2.05, 4.69) is 41.1 Å². The summed E-state index contributed by atoms with van der Waals surface area (Å²) in [6, 6.07) is 0. The van der Waals surface area contributed by atoms with Crippen molar-refractivity contribution in [1.82, 2.24) is 10.5 Å². The van der Waals surface area contributed by atoms with Gasteiger partial charge >= 0.3 is 0 Å². The van der Waals surface area contributed by atoms with E-state index in [4.69, 9.17) is 0 Å². The Morgan fingerprint density at radius 3 is 2.80 bits per heavy atom. The predicted octanol–water partition coefficient (Wildman–Crippen LogP) is 1.39. The second kappa shape index (κ2) is 4.93. The van der Waals surface area contributed by atoms with Crippen LogP contribution in [0.3, 0.4) is 0 Å². The molecule has 84 valence electrons. The highest BCUT2D eigenvalue weighted by molar-refractivity contribution is 5.90. The van der Waals surface area contributed by atoms with E-state index in [9.17, 15) is 4.79 Å². The smallest absolute Gasteiger partial charge is 0.225 e. The van der Waals surface area contributed by atoms with Crippen LogP contribution in [0.2, 0.25) is 0 Å². The lowest BCUT2D eigenvalue weighted by Crippen LogP contribution is -2.37. The molecular formula is C10H17N3O2. The minimum atomic E-state index is -0.0463. The van der Waals surface area contributed by atoms with Crippen LogP contribution < -0.4 is 10.6 Å². The molecule has 5 heteroatoms. The van der Waals surface area contributed by atoms with Crippen molar-refractivity contribution in [2.45, 2.75) is 32.7 Å². The Bertz CT molecular complexity index is 301. The molecule has 1 amide bonds. The summed E-state index contributed by atoms with van der Waals surface area (Å²) in [5.41, 5.74) is 0.632. The van der Waals surface area contributed by atoms with Gasteiger partial charge in [-0.15, -0.1) is 0 Å². The third kappa shape index (κ3) is 5.17. The maximum absolute atomic E-state index is 11.4. The van der Waals surface area contributed by atoms with E-state index in [0.717, 1.165) is 0 Å². The molecular weight excluding hydrogens is 194 g/mol. The van der Waals surface area contributed by atoms with E-state index < -0.39 is 0 Å². The van der Waals surface area contributed by atoms with Gasteiger partial charge in [0.15, 0.2) is 0 Å². The van der Waals surface area contributed by atoms with Crippen molar-refractivity contribution in [2.24, 2.45) is 0 Å². The first kappa shape index (κ1) is 11.7. The zero-order chi connectivity index (χ0) is 11.3. The van der Waals surface area contributed by atoms with Crippen molar-refractivity contribution in [3.63, 3.8) is 0 Å². The van der Waals surface area contributed by atoms with Gasteiger partial charge in [-0.2, -0.15) is 0 Å². The van der Waals surface area contributed by atoms with Crippen molar-refractivity contribution in [3.8, 4) is 0 Å². The summed E-state index contributed by atoms with van der Waals surface area (Å²) >= 11 is 0. The lowest BCUT2D eigenvalue weighted by molar-refractivity contribution is -0.116. The zero-order valence-corrected chi connectivity index (χ0v) is 9.33. The van der Waals surface area contributed by atoms with E-state index >= 15 is 0 Å². The van der Waals surface area contributed by atoms with Crippen molar-refractivity contribution >= 4 is 11.6 Å². The summed E-state index contributed by atoms with van der Waals surface area (Å²) in [6.07, 6.45) is 3.30. The third-order valence-corrected chi connectivity index (χ3v) is 1.72. The topological polar surface area (TPSA) is 67.2 Å². The molecule has 0 radical (unpaired) electrons. The fraction of sp³-hybridized carbons (Fsp3) is 0.600. The highest BCUT2D eigenvalue weighted by Gasteiger charge is 2.09. The average Bonchev–Trinajstić information content (AvgIpc) is 2.54. The molecule has 0 saturated heterocycles. The van der Waals surface area contributed by atoms with Crippen LogP contribution >= 0.6 is 0 Å². The molecule has 0 spiro atoms. The van der Waals surface area contributed by atoms with Gasteiger partial charge in [-0.25, -0.2) is 0 Å². The lowest BCUT2D eigenvalue weighted by atomic mass is 10.1. The third-order valence-electron chi connectivity index (χ3n) is 1.72. The Labute approximate surface area is 89.2 Å². The number of rotatable bonds is 4. The van der Waals surface area contributed by atoms with Gasteiger partial charge in [0, 0.05) is 18.5 Å². The van der Waals surface area contributed by atoms with Gasteiger partial charge in [0.05, 0.1) is 6.20 Å². The molecule has 0 aliphatic heterocycles. The van der Waals surface area contributed by atoms with Gasteiger partial charge in [-0.1, -0.05) is 5.16 Å². The minimum Gasteiger partial charge on any atom is -0.363 e. The van der Waals surface area contributed by atoms with Crippen LogP contribution in [-0.4, -0.2) is 23.1 Å². The van der Waals surface area contributed by atoms with Crippen LogP contribution in [0.4, 0.5) is 5.69 Å². The van der Waals surface area contributed by atoms with Crippen molar-refractivity contribution in [3.05, 3.63) is 12.5 Å². The van der Waals surface area contributed by atoms with Crippen molar-refractivity contribution < 1.29 is 9.32 Å². The first-order valence-corrected chi connectivity index (χ1v) is 4.92. The first-order chi connectivity index (χ1) is 6.97. The van der Waals surface area contributed by atoms with Crippen LogP contribution in [0, 0.1) is 0 Å². The Balaban J connectivity index is 2.20. The molecule has 15 heavy (non-hydrogen) atoms. The molecule has 1 aromatic heterocycles. The van der Waals surface area contributed by atoms with E-state index in [1.54, 1.807) is 0 Å². The fourth-order valence-electron chi connectivity index (χ4n) is 1.04. The summed E-state index contributed by atoms with van der Waals surface area (Å²) < 4.78 is 4.59. The maximum atomic E-state index is 11.4. The molecule has 0 aromatic carbocycles. The molecule has 0 aliphatic carbocycles. The van der Waals surface area contributed by atoms with Gasteiger partial charge in [-0.3, -0.25) is 4.79 Å². The lowest BCUT2D eigenvalue weighted by Gasteiger charge is -2.19. The van der Waals surface area contributed by atoms with Gasteiger partial charge in [0.2, 0.25) is 5.91 Å². The Hall–Kier alpha value is -1.36. The standard InChI is InChI=1S/C10H17N3O2/c1-10(2,3)11-5-4-9(14)13-8-6-12-15-7-8/h6-7,11H,4-5H2,1-3H3,(H,13,14). The summed E-state index contributed by atoms with van der Waals surface area (Å²) in [7, 11) is 0. The number of hydrogen-bond acceptors (Lipinski definition) is 4. The second-order valence-electron chi connectivity index (χ2n) is 4.39. The highest BCUT2D eigenvalue weighted by atomic mass is 16.5. The van der Waals surface area contributed by atoms with E-state index in [-0.39, 0.29) is 11.4 Å². The number of hydrogen-bond donors (Lipinski definition) is 2. The summed E-state index contributed by atoms with van der Waals surface area (Å²) in [4.78, 5) is 11.4. The number of carbonyl (C=O) groups excluding carboxylic acids is 1. The van der Waals surface area contributed by atoms with Crippen LogP contribution in [0.15, 0.2) is 17.0 Å². The molecule has 0 saturated carbocycles. The number of amides is 1. The molecule has 1 rings (SSSR count). The van der Waals surface area contributed by atoms with Gasteiger partial charge in [-0.05, 0) is 20.8 Å². The van der Waals surface area contributed by atoms with Crippen molar-refractivity contribution in [1.29, 1.82) is 0 Å². The molecule has 0 bridgehead atoms. The molecule has 0 unspecified atom stereocenters. The number of aromatic nitrogens is 1. The number of nitrogens with one attached hydrogen (secondary N) is 2. The van der Waals surface area contributed by atoms with Crippen LogP contribution in [-0.2, 0) is 4.79 Å². The SMILES string of the molecule is CC(C)(C)NCCC(=O)Nc1cnoc1. The van der Waals surface area contributed by atoms with Gasteiger partial charge in [0.25, 0.3) is 0 Å². The molecule has 1 heterocycles. The molecule has 0 atom stereocenters. The van der Waals surface area contributed by atoms with Crippen LogP contribution in [0.5, 0.6) is 0 Å². The first-order valence-electron chi connectivity index (χ1n) is 4.92. The molecule has 5 nitrogen and oxygen atoms in total. The number of carbonyl (C=O) groups is 1. The largest absolute Gasteiger partial charge is 0.363 e.